The quantitative estimate of drug-likeness (QED) is 0.845. The summed E-state index contributed by atoms with van der Waals surface area (Å²) < 4.78 is 6.60. The topological polar surface area (TPSA) is 55.3 Å². The van der Waals surface area contributed by atoms with Crippen molar-refractivity contribution in [1.82, 2.24) is 14.9 Å². The molecule has 20 heavy (non-hydrogen) atoms. The Kier molecular flexibility index (Phi) is 4.19. The Morgan fingerprint density at radius 3 is 2.80 bits per heavy atom. The van der Waals surface area contributed by atoms with Crippen LogP contribution in [0.2, 0.25) is 0 Å². The maximum absolute atomic E-state index is 12.1. The second-order valence-corrected chi connectivity index (χ2v) is 6.47. The number of carbonyl (C=O) groups excluding carboxylic acids is 1. The lowest BCUT2D eigenvalue weighted by Crippen LogP contribution is -2.44. The van der Waals surface area contributed by atoms with Crippen molar-refractivity contribution in [2.75, 3.05) is 13.1 Å². The molecule has 0 aromatic carbocycles. The van der Waals surface area contributed by atoms with Crippen molar-refractivity contribution in [3.63, 3.8) is 0 Å². The van der Waals surface area contributed by atoms with Gasteiger partial charge >= 0.3 is 6.01 Å². The molecular formula is C14H18BrN3O2. The molecule has 1 aliphatic carbocycles. The van der Waals surface area contributed by atoms with Gasteiger partial charge in [-0.15, -0.1) is 0 Å². The van der Waals surface area contributed by atoms with Crippen molar-refractivity contribution in [2.24, 2.45) is 5.92 Å². The number of ether oxygens (including phenoxy) is 1. The average molecular weight is 340 g/mol. The molecule has 2 fully saturated rings. The van der Waals surface area contributed by atoms with E-state index in [-0.39, 0.29) is 12.0 Å². The van der Waals surface area contributed by atoms with E-state index in [1.165, 1.54) is 12.8 Å². The zero-order valence-corrected chi connectivity index (χ0v) is 12.9. The number of carbonyl (C=O) groups is 1. The van der Waals surface area contributed by atoms with Crippen LogP contribution >= 0.6 is 15.9 Å². The van der Waals surface area contributed by atoms with E-state index in [4.69, 9.17) is 4.74 Å². The number of likely N-dealkylation sites (tertiary alicyclic amines) is 1. The van der Waals surface area contributed by atoms with E-state index in [1.807, 2.05) is 4.90 Å². The van der Waals surface area contributed by atoms with Gasteiger partial charge in [-0.1, -0.05) is 0 Å². The van der Waals surface area contributed by atoms with Gasteiger partial charge in [-0.25, -0.2) is 9.97 Å². The molecule has 6 heteroatoms. The number of hydrogen-bond acceptors (Lipinski definition) is 4. The molecule has 1 atom stereocenters. The third kappa shape index (κ3) is 3.69. The highest BCUT2D eigenvalue weighted by Crippen LogP contribution is 2.33. The Balaban J connectivity index is 1.54. The van der Waals surface area contributed by atoms with E-state index in [0.29, 0.717) is 24.9 Å². The number of nitrogens with zero attached hydrogens (tertiary/aromatic N) is 3. The predicted molar refractivity (Wildman–Crippen MR) is 77.3 cm³/mol. The molecule has 3 rings (SSSR count). The molecule has 1 amide bonds. The summed E-state index contributed by atoms with van der Waals surface area (Å²) in [5, 5.41) is 0. The van der Waals surface area contributed by atoms with Crippen LogP contribution in [0.3, 0.4) is 0 Å². The lowest BCUT2D eigenvalue weighted by molar-refractivity contribution is -0.134. The van der Waals surface area contributed by atoms with Gasteiger partial charge in [-0.3, -0.25) is 4.79 Å². The highest BCUT2D eigenvalue weighted by molar-refractivity contribution is 9.10. The molecule has 1 aromatic heterocycles. The van der Waals surface area contributed by atoms with Crippen LogP contribution in [-0.4, -0.2) is 40.0 Å². The number of halogens is 1. The molecule has 2 heterocycles. The molecule has 2 aliphatic rings. The first-order valence-corrected chi connectivity index (χ1v) is 7.92. The Morgan fingerprint density at radius 1 is 1.35 bits per heavy atom. The molecule has 1 aliphatic heterocycles. The van der Waals surface area contributed by atoms with Crippen molar-refractivity contribution in [3.8, 4) is 6.01 Å². The molecule has 1 saturated heterocycles. The zero-order valence-electron chi connectivity index (χ0n) is 11.3. The Hall–Kier alpha value is -1.17. The predicted octanol–water partition coefficient (Wildman–Crippen LogP) is 2.41. The molecule has 0 N–H and O–H groups in total. The van der Waals surface area contributed by atoms with Crippen LogP contribution < -0.4 is 4.74 Å². The van der Waals surface area contributed by atoms with Crippen molar-refractivity contribution in [3.05, 3.63) is 16.9 Å². The third-order valence-electron chi connectivity index (χ3n) is 3.76. The minimum atomic E-state index is 0.00748. The summed E-state index contributed by atoms with van der Waals surface area (Å²) in [6.07, 6.45) is 8.42. The maximum atomic E-state index is 12.1. The second kappa shape index (κ2) is 6.08. The first-order chi connectivity index (χ1) is 9.70. The average Bonchev–Trinajstić information content (AvgIpc) is 3.26. The summed E-state index contributed by atoms with van der Waals surface area (Å²) in [5.41, 5.74) is 0. The first-order valence-electron chi connectivity index (χ1n) is 7.12. The van der Waals surface area contributed by atoms with Gasteiger partial charge < -0.3 is 9.64 Å². The monoisotopic (exact) mass is 339 g/mol. The fraction of sp³-hybridized carbons (Fsp3) is 0.643. The largest absolute Gasteiger partial charge is 0.458 e. The van der Waals surface area contributed by atoms with E-state index in [1.54, 1.807) is 12.4 Å². The van der Waals surface area contributed by atoms with Gasteiger partial charge in [0.05, 0.1) is 11.0 Å². The van der Waals surface area contributed by atoms with Gasteiger partial charge in [0.25, 0.3) is 0 Å². The summed E-state index contributed by atoms with van der Waals surface area (Å²) >= 11 is 3.29. The standard InChI is InChI=1S/C14H18BrN3O2/c15-11-7-16-14(17-8-11)20-12-2-1-5-18(9-12)13(19)6-10-3-4-10/h7-8,10,12H,1-6,9H2. The summed E-state index contributed by atoms with van der Waals surface area (Å²) in [5.74, 6) is 0.913. The first kappa shape index (κ1) is 13.8. The van der Waals surface area contributed by atoms with E-state index in [0.717, 1.165) is 23.9 Å². The SMILES string of the molecule is O=C(CC1CC1)N1CCCC(Oc2ncc(Br)cn2)C1. The van der Waals surface area contributed by atoms with E-state index < -0.39 is 0 Å². The highest BCUT2D eigenvalue weighted by atomic mass is 79.9. The smallest absolute Gasteiger partial charge is 0.316 e. The lowest BCUT2D eigenvalue weighted by atomic mass is 10.1. The molecule has 1 unspecified atom stereocenters. The molecule has 0 spiro atoms. The molecule has 0 bridgehead atoms. The Morgan fingerprint density at radius 2 is 2.10 bits per heavy atom. The Labute approximate surface area is 126 Å². The second-order valence-electron chi connectivity index (χ2n) is 5.55. The maximum Gasteiger partial charge on any atom is 0.316 e. The normalized spacial score (nSPS) is 22.6. The molecule has 1 saturated carbocycles. The van der Waals surface area contributed by atoms with E-state index in [9.17, 15) is 4.79 Å². The van der Waals surface area contributed by atoms with Gasteiger partial charge in [-0.2, -0.15) is 0 Å². The number of hydrogen-bond donors (Lipinski definition) is 0. The number of amides is 1. The van der Waals surface area contributed by atoms with Crippen LogP contribution in [0.15, 0.2) is 16.9 Å². The van der Waals surface area contributed by atoms with Crippen molar-refractivity contribution in [2.45, 2.75) is 38.2 Å². The minimum Gasteiger partial charge on any atom is -0.458 e. The molecule has 108 valence electrons. The Bertz CT molecular complexity index is 476. The van der Waals surface area contributed by atoms with Gasteiger partial charge in [0.15, 0.2) is 0 Å². The summed E-state index contributed by atoms with van der Waals surface area (Å²) in [6, 6.07) is 0.384. The van der Waals surface area contributed by atoms with Gasteiger partial charge in [0, 0.05) is 25.4 Å². The van der Waals surface area contributed by atoms with Crippen LogP contribution in [0.4, 0.5) is 0 Å². The van der Waals surface area contributed by atoms with Crippen molar-refractivity contribution >= 4 is 21.8 Å². The van der Waals surface area contributed by atoms with Crippen LogP contribution in [0.5, 0.6) is 6.01 Å². The number of rotatable bonds is 4. The van der Waals surface area contributed by atoms with Crippen LogP contribution in [0, 0.1) is 5.92 Å². The highest BCUT2D eigenvalue weighted by Gasteiger charge is 2.30. The van der Waals surface area contributed by atoms with E-state index in [2.05, 4.69) is 25.9 Å². The van der Waals surface area contributed by atoms with Crippen molar-refractivity contribution < 1.29 is 9.53 Å². The van der Waals surface area contributed by atoms with Crippen LogP contribution in [-0.2, 0) is 4.79 Å². The minimum absolute atomic E-state index is 0.00748. The fourth-order valence-corrected chi connectivity index (χ4v) is 2.67. The molecule has 5 nitrogen and oxygen atoms in total. The van der Waals surface area contributed by atoms with Crippen LogP contribution in [0.1, 0.15) is 32.1 Å². The molecular weight excluding hydrogens is 322 g/mol. The van der Waals surface area contributed by atoms with Crippen molar-refractivity contribution in [1.29, 1.82) is 0 Å². The van der Waals surface area contributed by atoms with E-state index >= 15 is 0 Å². The molecule has 1 aromatic rings. The fourth-order valence-electron chi connectivity index (χ4n) is 2.47. The van der Waals surface area contributed by atoms with Gasteiger partial charge in [0.2, 0.25) is 5.91 Å². The van der Waals surface area contributed by atoms with Crippen LogP contribution in [0.25, 0.3) is 0 Å². The lowest BCUT2D eigenvalue weighted by Gasteiger charge is -2.32. The van der Waals surface area contributed by atoms with Gasteiger partial charge in [0.1, 0.15) is 6.10 Å². The molecule has 0 radical (unpaired) electrons. The number of aromatic nitrogens is 2. The zero-order chi connectivity index (χ0) is 13.9. The van der Waals surface area contributed by atoms with Gasteiger partial charge in [-0.05, 0) is 47.5 Å². The third-order valence-corrected chi connectivity index (χ3v) is 4.17. The summed E-state index contributed by atoms with van der Waals surface area (Å²) in [7, 11) is 0. The summed E-state index contributed by atoms with van der Waals surface area (Å²) in [6.45, 7) is 1.51. The summed E-state index contributed by atoms with van der Waals surface area (Å²) in [4.78, 5) is 22.3. The number of piperidine rings is 1.